The van der Waals surface area contributed by atoms with Crippen LogP contribution in [0, 0.1) is 13.8 Å². The molecule has 0 unspecified atom stereocenters. The summed E-state index contributed by atoms with van der Waals surface area (Å²) in [4.78, 5) is 6.66. The number of hydrogen-bond donors (Lipinski definition) is 0. The third-order valence-electron chi connectivity index (χ3n) is 3.87. The molecular weight excluding hydrogens is 256 g/mol. The van der Waals surface area contributed by atoms with E-state index in [9.17, 15) is 0 Å². The van der Waals surface area contributed by atoms with Crippen LogP contribution in [0.1, 0.15) is 11.1 Å². The molecule has 0 fully saturated rings. The Labute approximate surface area is 126 Å². The highest BCUT2D eigenvalue weighted by Gasteiger charge is 2.07. The van der Waals surface area contributed by atoms with Crippen LogP contribution in [-0.2, 0) is 0 Å². The second kappa shape index (κ2) is 5.21. The highest BCUT2D eigenvalue weighted by atomic mass is 15.1. The van der Waals surface area contributed by atoms with Gasteiger partial charge in [-0.25, -0.2) is 0 Å². The van der Waals surface area contributed by atoms with Gasteiger partial charge in [-0.2, -0.15) is 0 Å². The molecule has 0 aliphatic heterocycles. The molecule has 1 heterocycles. The van der Waals surface area contributed by atoms with Gasteiger partial charge in [0, 0.05) is 31.4 Å². The molecule has 0 spiro atoms. The van der Waals surface area contributed by atoms with Crippen molar-refractivity contribution in [1.82, 2.24) is 4.98 Å². The Morgan fingerprint density at radius 3 is 2.29 bits per heavy atom. The van der Waals surface area contributed by atoms with Crippen LogP contribution in [-0.4, -0.2) is 19.1 Å². The number of aromatic nitrogens is 1. The number of nitrogens with zero attached hydrogens (tertiary/aromatic N) is 2. The van der Waals surface area contributed by atoms with Crippen LogP contribution < -0.4 is 4.90 Å². The Bertz CT molecular complexity index is 787. The van der Waals surface area contributed by atoms with Gasteiger partial charge in [0.05, 0.1) is 5.52 Å². The smallest absolute Gasteiger partial charge is 0.0737 e. The van der Waals surface area contributed by atoms with E-state index in [1.807, 2.05) is 6.20 Å². The zero-order chi connectivity index (χ0) is 15.0. The monoisotopic (exact) mass is 276 g/mol. The van der Waals surface area contributed by atoms with Gasteiger partial charge in [-0.1, -0.05) is 23.8 Å². The van der Waals surface area contributed by atoms with E-state index in [-0.39, 0.29) is 0 Å². The molecule has 0 aliphatic carbocycles. The summed E-state index contributed by atoms with van der Waals surface area (Å²) in [6.45, 7) is 4.26. The van der Waals surface area contributed by atoms with Crippen LogP contribution in [0.5, 0.6) is 0 Å². The van der Waals surface area contributed by atoms with Crippen LogP contribution in [0.15, 0.2) is 48.7 Å². The molecule has 0 saturated heterocycles. The van der Waals surface area contributed by atoms with Crippen molar-refractivity contribution in [3.63, 3.8) is 0 Å². The number of pyridine rings is 1. The van der Waals surface area contributed by atoms with E-state index in [1.165, 1.54) is 33.3 Å². The van der Waals surface area contributed by atoms with Crippen molar-refractivity contribution in [3.05, 3.63) is 59.8 Å². The molecule has 2 nitrogen and oxygen atoms in total. The van der Waals surface area contributed by atoms with Gasteiger partial charge in [-0.3, -0.25) is 4.98 Å². The number of aryl methyl sites for hydroxylation is 2. The maximum Gasteiger partial charge on any atom is 0.0737 e. The van der Waals surface area contributed by atoms with Crippen LogP contribution in [0.3, 0.4) is 0 Å². The molecule has 1 aromatic heterocycles. The topological polar surface area (TPSA) is 16.1 Å². The molecule has 106 valence electrons. The molecule has 0 saturated carbocycles. The largest absolute Gasteiger partial charge is 0.378 e. The second-order valence-electron chi connectivity index (χ2n) is 5.78. The number of rotatable bonds is 2. The minimum Gasteiger partial charge on any atom is -0.378 e. The molecule has 0 bridgehead atoms. The molecule has 21 heavy (non-hydrogen) atoms. The van der Waals surface area contributed by atoms with E-state index >= 15 is 0 Å². The average Bonchev–Trinajstić information content (AvgIpc) is 2.46. The van der Waals surface area contributed by atoms with Crippen molar-refractivity contribution < 1.29 is 0 Å². The highest BCUT2D eigenvalue weighted by molar-refractivity contribution is 5.96. The molecular formula is C19H20N2. The minimum absolute atomic E-state index is 1.09. The predicted octanol–water partition coefficient (Wildman–Crippen LogP) is 4.58. The fourth-order valence-electron chi connectivity index (χ4n) is 2.80. The van der Waals surface area contributed by atoms with Crippen molar-refractivity contribution in [2.45, 2.75) is 13.8 Å². The summed E-state index contributed by atoms with van der Waals surface area (Å²) in [6, 6.07) is 15.2. The number of hydrogen-bond acceptors (Lipinski definition) is 2. The van der Waals surface area contributed by atoms with Crippen LogP contribution in [0.25, 0.3) is 22.0 Å². The lowest BCUT2D eigenvalue weighted by Crippen LogP contribution is -2.07. The maximum atomic E-state index is 4.55. The van der Waals surface area contributed by atoms with Crippen molar-refractivity contribution in [1.29, 1.82) is 0 Å². The van der Waals surface area contributed by atoms with Crippen molar-refractivity contribution >= 4 is 16.6 Å². The summed E-state index contributed by atoms with van der Waals surface area (Å²) in [5, 5.41) is 1.23. The molecule has 2 aromatic carbocycles. The van der Waals surface area contributed by atoms with E-state index < -0.39 is 0 Å². The Morgan fingerprint density at radius 1 is 0.905 bits per heavy atom. The number of anilines is 1. The molecule has 0 atom stereocenters. The van der Waals surface area contributed by atoms with Gasteiger partial charge in [-0.05, 0) is 54.8 Å². The summed E-state index contributed by atoms with van der Waals surface area (Å²) in [6.07, 6.45) is 1.90. The van der Waals surface area contributed by atoms with Crippen molar-refractivity contribution in [2.75, 3.05) is 19.0 Å². The maximum absolute atomic E-state index is 4.55. The summed E-state index contributed by atoms with van der Waals surface area (Å²) >= 11 is 0. The van der Waals surface area contributed by atoms with Gasteiger partial charge in [0.15, 0.2) is 0 Å². The van der Waals surface area contributed by atoms with Crippen LogP contribution in [0.2, 0.25) is 0 Å². The van der Waals surface area contributed by atoms with E-state index in [2.05, 4.69) is 80.3 Å². The number of fused-ring (bicyclic) bond motifs is 1. The van der Waals surface area contributed by atoms with Gasteiger partial charge in [0.25, 0.3) is 0 Å². The van der Waals surface area contributed by atoms with Gasteiger partial charge in [0.1, 0.15) is 0 Å². The van der Waals surface area contributed by atoms with E-state index in [0.29, 0.717) is 0 Å². The summed E-state index contributed by atoms with van der Waals surface area (Å²) in [5.74, 6) is 0. The molecule has 0 aliphatic rings. The van der Waals surface area contributed by atoms with E-state index in [0.717, 1.165) is 5.52 Å². The first-order chi connectivity index (χ1) is 10.1. The lowest BCUT2D eigenvalue weighted by atomic mass is 9.98. The highest BCUT2D eigenvalue weighted by Crippen LogP contribution is 2.30. The van der Waals surface area contributed by atoms with Gasteiger partial charge in [-0.15, -0.1) is 0 Å². The SMILES string of the molecule is Cc1cc(C)c2nccc(-c3ccc(N(C)C)cc3)c2c1. The van der Waals surface area contributed by atoms with Gasteiger partial charge < -0.3 is 4.90 Å². The Kier molecular flexibility index (Phi) is 3.38. The summed E-state index contributed by atoms with van der Waals surface area (Å²) < 4.78 is 0. The lowest BCUT2D eigenvalue weighted by Gasteiger charge is -2.14. The average molecular weight is 276 g/mol. The van der Waals surface area contributed by atoms with Gasteiger partial charge in [0.2, 0.25) is 0 Å². The quantitative estimate of drug-likeness (QED) is 0.681. The molecule has 0 radical (unpaired) electrons. The minimum atomic E-state index is 1.09. The zero-order valence-corrected chi connectivity index (χ0v) is 13.0. The molecule has 2 heteroatoms. The molecule has 3 aromatic rings. The van der Waals surface area contributed by atoms with E-state index in [1.54, 1.807) is 0 Å². The van der Waals surface area contributed by atoms with E-state index in [4.69, 9.17) is 0 Å². The Hall–Kier alpha value is -2.35. The van der Waals surface area contributed by atoms with Crippen LogP contribution in [0.4, 0.5) is 5.69 Å². The Morgan fingerprint density at radius 2 is 1.62 bits per heavy atom. The normalized spacial score (nSPS) is 10.9. The first-order valence-corrected chi connectivity index (χ1v) is 7.20. The third-order valence-corrected chi connectivity index (χ3v) is 3.87. The Balaban J connectivity index is 2.20. The lowest BCUT2D eigenvalue weighted by molar-refractivity contribution is 1.13. The third kappa shape index (κ3) is 2.49. The predicted molar refractivity (Wildman–Crippen MR) is 91.0 cm³/mol. The molecule has 3 rings (SSSR count). The fourth-order valence-corrected chi connectivity index (χ4v) is 2.80. The van der Waals surface area contributed by atoms with Crippen molar-refractivity contribution in [3.8, 4) is 11.1 Å². The zero-order valence-electron chi connectivity index (χ0n) is 13.0. The first-order valence-electron chi connectivity index (χ1n) is 7.20. The molecule has 0 amide bonds. The number of benzene rings is 2. The van der Waals surface area contributed by atoms with Crippen LogP contribution >= 0.6 is 0 Å². The first kappa shape index (κ1) is 13.6. The van der Waals surface area contributed by atoms with Crippen molar-refractivity contribution in [2.24, 2.45) is 0 Å². The molecule has 0 N–H and O–H groups in total. The standard InChI is InChI=1S/C19H20N2/c1-13-11-14(2)19-18(12-13)17(9-10-20-19)15-5-7-16(8-6-15)21(3)4/h5-12H,1-4H3. The second-order valence-corrected chi connectivity index (χ2v) is 5.78. The fraction of sp³-hybridized carbons (Fsp3) is 0.211. The van der Waals surface area contributed by atoms with Gasteiger partial charge >= 0.3 is 0 Å². The summed E-state index contributed by atoms with van der Waals surface area (Å²) in [5.41, 5.74) is 7.30. The summed E-state index contributed by atoms with van der Waals surface area (Å²) in [7, 11) is 4.12.